The van der Waals surface area contributed by atoms with E-state index < -0.39 is 23.7 Å². The monoisotopic (exact) mass is 323 g/mol. The summed E-state index contributed by atoms with van der Waals surface area (Å²) in [5, 5.41) is 8.99. The van der Waals surface area contributed by atoms with E-state index in [0.717, 1.165) is 16.7 Å². The Kier molecular flexibility index (Phi) is 4.71. The molecular weight excluding hydrogens is 310 g/mol. The van der Waals surface area contributed by atoms with Gasteiger partial charge in [-0.15, -0.1) is 0 Å². The molecule has 1 aliphatic heterocycles. The zero-order chi connectivity index (χ0) is 16.3. The van der Waals surface area contributed by atoms with Crippen LogP contribution in [0.5, 0.6) is 11.5 Å². The molecule has 1 heterocycles. The van der Waals surface area contributed by atoms with Crippen LogP contribution in [0.2, 0.25) is 0 Å². The van der Waals surface area contributed by atoms with Crippen molar-refractivity contribution in [3.05, 3.63) is 28.7 Å². The highest BCUT2D eigenvalue weighted by Crippen LogP contribution is 2.33. The number of aromatic hydroxyl groups is 1. The van der Waals surface area contributed by atoms with E-state index in [1.54, 1.807) is 6.07 Å². The molecule has 0 aromatic heterocycles. The summed E-state index contributed by atoms with van der Waals surface area (Å²) < 4.78 is 9.42. The predicted octanol–water partition coefficient (Wildman–Crippen LogP) is 1.61. The molecule has 1 N–H and O–H groups in total. The number of amides is 2. The molecule has 0 saturated carbocycles. The fourth-order valence-electron chi connectivity index (χ4n) is 1.77. The van der Waals surface area contributed by atoms with Crippen LogP contribution in [0.15, 0.2) is 23.1 Å². The molecule has 116 valence electrons. The molecule has 1 saturated heterocycles. The third-order valence-corrected chi connectivity index (χ3v) is 3.80. The summed E-state index contributed by atoms with van der Waals surface area (Å²) >= 11 is 0.734. The molecule has 0 aliphatic carbocycles. The van der Waals surface area contributed by atoms with Crippen LogP contribution < -0.4 is 4.74 Å². The maximum absolute atomic E-state index is 12.1. The highest BCUT2D eigenvalue weighted by molar-refractivity contribution is 8.18. The molecule has 8 heteroatoms. The summed E-state index contributed by atoms with van der Waals surface area (Å²) in [5.74, 6) is -1.01. The van der Waals surface area contributed by atoms with Crippen molar-refractivity contribution in [3.8, 4) is 11.5 Å². The van der Waals surface area contributed by atoms with Crippen molar-refractivity contribution in [2.75, 3.05) is 20.8 Å². The number of phenols is 1. The number of benzene rings is 1. The molecule has 22 heavy (non-hydrogen) atoms. The first-order valence-electron chi connectivity index (χ1n) is 6.15. The van der Waals surface area contributed by atoms with Gasteiger partial charge in [0.2, 0.25) is 0 Å². The second-order valence-electron chi connectivity index (χ2n) is 4.28. The highest BCUT2D eigenvalue weighted by atomic mass is 32.2. The predicted molar refractivity (Wildman–Crippen MR) is 79.4 cm³/mol. The van der Waals surface area contributed by atoms with Crippen molar-refractivity contribution >= 4 is 35.0 Å². The number of nitrogens with zero attached hydrogens (tertiary/aromatic N) is 1. The molecule has 0 unspecified atom stereocenters. The number of esters is 1. The number of rotatable bonds is 4. The smallest absolute Gasteiger partial charge is 0.325 e. The Morgan fingerprint density at radius 3 is 2.73 bits per heavy atom. The van der Waals surface area contributed by atoms with Crippen LogP contribution >= 0.6 is 11.8 Å². The van der Waals surface area contributed by atoms with E-state index in [0.29, 0.717) is 5.56 Å². The van der Waals surface area contributed by atoms with Crippen LogP contribution in [0.25, 0.3) is 6.08 Å². The van der Waals surface area contributed by atoms with Gasteiger partial charge in [0.05, 0.1) is 19.1 Å². The van der Waals surface area contributed by atoms with Crippen LogP contribution in [0.3, 0.4) is 0 Å². The van der Waals surface area contributed by atoms with E-state index in [9.17, 15) is 19.5 Å². The Bertz CT molecular complexity index is 669. The van der Waals surface area contributed by atoms with E-state index >= 15 is 0 Å². The van der Waals surface area contributed by atoms with Gasteiger partial charge in [0, 0.05) is 0 Å². The van der Waals surface area contributed by atoms with Crippen LogP contribution in [0, 0.1) is 0 Å². The van der Waals surface area contributed by atoms with Crippen molar-refractivity contribution in [3.63, 3.8) is 0 Å². The van der Waals surface area contributed by atoms with Gasteiger partial charge in [0.25, 0.3) is 11.1 Å². The molecule has 7 nitrogen and oxygen atoms in total. The summed E-state index contributed by atoms with van der Waals surface area (Å²) in [6.45, 7) is -0.419. The minimum atomic E-state index is -0.671. The number of hydrogen-bond donors (Lipinski definition) is 1. The van der Waals surface area contributed by atoms with Crippen molar-refractivity contribution in [2.45, 2.75) is 0 Å². The first-order valence-corrected chi connectivity index (χ1v) is 6.97. The number of carbonyl (C=O) groups is 3. The summed E-state index contributed by atoms with van der Waals surface area (Å²) in [6.07, 6.45) is 1.49. The lowest BCUT2D eigenvalue weighted by molar-refractivity contribution is -0.143. The minimum absolute atomic E-state index is 0.0292. The lowest BCUT2D eigenvalue weighted by atomic mass is 10.2. The summed E-state index contributed by atoms with van der Waals surface area (Å²) in [6, 6.07) is 4.53. The second-order valence-corrected chi connectivity index (χ2v) is 5.27. The largest absolute Gasteiger partial charge is 0.504 e. The number of ether oxygens (including phenoxy) is 2. The number of hydrogen-bond acceptors (Lipinski definition) is 7. The SMILES string of the molecule is COC(=O)CN1C(=O)S/C(=C\c2ccc(O)c(OC)c2)C1=O. The van der Waals surface area contributed by atoms with Gasteiger partial charge in [0.15, 0.2) is 11.5 Å². The number of imide groups is 1. The van der Waals surface area contributed by atoms with Crippen molar-refractivity contribution in [2.24, 2.45) is 0 Å². The number of thioether (sulfide) groups is 1. The Labute approximate surface area is 130 Å². The number of carbonyl (C=O) groups excluding carboxylic acids is 3. The summed E-state index contributed by atoms with van der Waals surface area (Å²) in [4.78, 5) is 36.1. The lowest BCUT2D eigenvalue weighted by Gasteiger charge is -2.09. The van der Waals surface area contributed by atoms with Gasteiger partial charge in [-0.05, 0) is 35.5 Å². The van der Waals surface area contributed by atoms with Crippen molar-refractivity contribution < 1.29 is 29.0 Å². The molecule has 0 bridgehead atoms. The molecule has 1 aromatic rings. The van der Waals surface area contributed by atoms with Crippen molar-refractivity contribution in [1.82, 2.24) is 4.90 Å². The maximum Gasteiger partial charge on any atom is 0.325 e. The maximum atomic E-state index is 12.1. The second kappa shape index (κ2) is 6.52. The van der Waals surface area contributed by atoms with Gasteiger partial charge < -0.3 is 14.6 Å². The molecule has 1 aliphatic rings. The fraction of sp³-hybridized carbons (Fsp3) is 0.214. The van der Waals surface area contributed by atoms with Crippen LogP contribution in [-0.2, 0) is 14.3 Å². The normalized spacial score (nSPS) is 16.3. The van der Waals surface area contributed by atoms with Gasteiger partial charge >= 0.3 is 5.97 Å². The average Bonchev–Trinajstić information content (AvgIpc) is 2.76. The first-order chi connectivity index (χ1) is 10.5. The van der Waals surface area contributed by atoms with Crippen LogP contribution in [0.4, 0.5) is 4.79 Å². The highest BCUT2D eigenvalue weighted by Gasteiger charge is 2.36. The Morgan fingerprint density at radius 2 is 2.09 bits per heavy atom. The van der Waals surface area contributed by atoms with Gasteiger partial charge in [-0.1, -0.05) is 6.07 Å². The molecule has 2 amide bonds. The standard InChI is InChI=1S/C14H13NO6S/c1-20-10-5-8(3-4-9(10)16)6-11-13(18)15(14(19)22-11)7-12(17)21-2/h3-6,16H,7H2,1-2H3/b11-6-. The lowest BCUT2D eigenvalue weighted by Crippen LogP contribution is -2.34. The van der Waals surface area contributed by atoms with E-state index in [1.165, 1.54) is 32.4 Å². The van der Waals surface area contributed by atoms with Crippen LogP contribution in [0.1, 0.15) is 5.56 Å². The van der Waals surface area contributed by atoms with Gasteiger partial charge in [-0.25, -0.2) is 0 Å². The Morgan fingerprint density at radius 1 is 1.36 bits per heavy atom. The molecule has 1 fully saturated rings. The Balaban J connectivity index is 2.24. The Hall–Kier alpha value is -2.48. The zero-order valence-electron chi connectivity index (χ0n) is 11.9. The topological polar surface area (TPSA) is 93.1 Å². The van der Waals surface area contributed by atoms with Gasteiger partial charge in [-0.2, -0.15) is 0 Å². The molecular formula is C14H13NO6S. The summed E-state index contributed by atoms with van der Waals surface area (Å²) in [7, 11) is 2.59. The third kappa shape index (κ3) is 3.22. The van der Waals surface area contributed by atoms with Gasteiger partial charge in [0.1, 0.15) is 6.54 Å². The quantitative estimate of drug-likeness (QED) is 0.664. The average molecular weight is 323 g/mol. The van der Waals surface area contributed by atoms with Crippen molar-refractivity contribution in [1.29, 1.82) is 0 Å². The first kappa shape index (κ1) is 15.9. The van der Waals surface area contributed by atoms with E-state index in [2.05, 4.69) is 4.74 Å². The van der Waals surface area contributed by atoms with E-state index in [-0.39, 0.29) is 16.4 Å². The molecule has 0 radical (unpaired) electrons. The number of methoxy groups -OCH3 is 2. The molecule has 1 aromatic carbocycles. The minimum Gasteiger partial charge on any atom is -0.504 e. The third-order valence-electron chi connectivity index (χ3n) is 2.89. The molecule has 0 atom stereocenters. The van der Waals surface area contributed by atoms with E-state index in [1.807, 2.05) is 0 Å². The molecule has 2 rings (SSSR count). The fourth-order valence-corrected chi connectivity index (χ4v) is 2.60. The molecule has 0 spiro atoms. The summed E-state index contributed by atoms with van der Waals surface area (Å²) in [5.41, 5.74) is 0.582. The number of phenolic OH excluding ortho intramolecular Hbond substituents is 1. The zero-order valence-corrected chi connectivity index (χ0v) is 12.7. The van der Waals surface area contributed by atoms with E-state index in [4.69, 9.17) is 4.74 Å². The van der Waals surface area contributed by atoms with Crippen LogP contribution in [-0.4, -0.2) is 47.9 Å². The van der Waals surface area contributed by atoms with Gasteiger partial charge in [-0.3, -0.25) is 19.3 Å².